The molecule has 2 bridgehead atoms. The first-order valence-corrected chi connectivity index (χ1v) is 13.3. The summed E-state index contributed by atoms with van der Waals surface area (Å²) in [4.78, 5) is 26.6. The molecule has 38 heavy (non-hydrogen) atoms. The van der Waals surface area contributed by atoms with Crippen LogP contribution in [-0.2, 0) is 9.47 Å². The zero-order chi connectivity index (χ0) is 26.6. The fourth-order valence-corrected chi connectivity index (χ4v) is 6.15. The van der Waals surface area contributed by atoms with Crippen LogP contribution < -0.4 is 0 Å². The Labute approximate surface area is 239 Å². The van der Waals surface area contributed by atoms with Gasteiger partial charge >= 0.3 is 11.9 Å². The van der Waals surface area contributed by atoms with Crippen molar-refractivity contribution in [1.82, 2.24) is 0 Å². The third-order valence-corrected chi connectivity index (χ3v) is 8.52. The molecule has 190 valence electrons. The molecule has 2 atom stereocenters. The lowest BCUT2D eigenvalue weighted by Crippen LogP contribution is -2.51. The van der Waals surface area contributed by atoms with Gasteiger partial charge in [-0.25, -0.2) is 9.59 Å². The standard InChI is InChI=1S/C30H18Cl4O4/c31-21-11-17-19(13-23(21)33)26-20-14-24(34)22(32)12-18(20)25(17)27(37-29(35)15-7-3-1-4-8-15)28(26)38-30(36)16-9-5-2-6-10-16/h1-14,25-28H/t25-,26-,27?,28?. The lowest BCUT2D eigenvalue weighted by molar-refractivity contribution is -0.0557. The maximum Gasteiger partial charge on any atom is 0.338 e. The molecule has 0 spiro atoms. The minimum atomic E-state index is -0.866. The number of halogens is 4. The van der Waals surface area contributed by atoms with Gasteiger partial charge in [0.15, 0.2) is 12.2 Å². The molecule has 3 aliphatic rings. The van der Waals surface area contributed by atoms with Gasteiger partial charge in [-0.05, 0) is 70.8 Å². The van der Waals surface area contributed by atoms with Gasteiger partial charge in [0.25, 0.3) is 0 Å². The first-order valence-electron chi connectivity index (χ1n) is 11.8. The van der Waals surface area contributed by atoms with Crippen molar-refractivity contribution in [1.29, 1.82) is 0 Å². The minimum absolute atomic E-state index is 0.366. The smallest absolute Gasteiger partial charge is 0.338 e. The summed E-state index contributed by atoms with van der Waals surface area (Å²) in [5.41, 5.74) is 4.07. The number of hydrogen-bond acceptors (Lipinski definition) is 4. The number of fused-ring (bicyclic) bond motifs is 1. The van der Waals surface area contributed by atoms with Gasteiger partial charge in [0.1, 0.15) is 0 Å². The zero-order valence-corrected chi connectivity index (χ0v) is 22.6. The first kappa shape index (κ1) is 25.3. The van der Waals surface area contributed by atoms with E-state index in [9.17, 15) is 9.59 Å². The van der Waals surface area contributed by atoms with Crippen LogP contribution in [-0.4, -0.2) is 24.1 Å². The molecule has 0 aliphatic heterocycles. The highest BCUT2D eigenvalue weighted by molar-refractivity contribution is 6.42. The van der Waals surface area contributed by atoms with E-state index < -0.39 is 36.0 Å². The van der Waals surface area contributed by atoms with Crippen LogP contribution >= 0.6 is 46.4 Å². The summed E-state index contributed by atoms with van der Waals surface area (Å²) < 4.78 is 12.3. The normalized spacial score (nSPS) is 20.8. The monoisotopic (exact) mass is 582 g/mol. The second-order valence-electron chi connectivity index (χ2n) is 9.22. The number of hydrogen-bond donors (Lipinski definition) is 0. The fraction of sp³-hybridized carbons (Fsp3) is 0.133. The van der Waals surface area contributed by atoms with Crippen molar-refractivity contribution in [3.63, 3.8) is 0 Å². The Morgan fingerprint density at radius 2 is 0.789 bits per heavy atom. The molecule has 0 N–H and O–H groups in total. The summed E-state index contributed by atoms with van der Waals surface area (Å²) in [5.74, 6) is -2.13. The molecular weight excluding hydrogens is 566 g/mol. The molecule has 0 heterocycles. The molecule has 3 aliphatic carbocycles. The van der Waals surface area contributed by atoms with Crippen molar-refractivity contribution < 1.29 is 19.1 Å². The van der Waals surface area contributed by atoms with Crippen molar-refractivity contribution >= 4 is 58.3 Å². The van der Waals surface area contributed by atoms with Crippen LogP contribution in [0.5, 0.6) is 0 Å². The van der Waals surface area contributed by atoms with Crippen molar-refractivity contribution in [3.05, 3.63) is 138 Å². The van der Waals surface area contributed by atoms with Gasteiger partial charge in [-0.15, -0.1) is 0 Å². The Balaban J connectivity index is 1.52. The predicted molar refractivity (Wildman–Crippen MR) is 148 cm³/mol. The van der Waals surface area contributed by atoms with Gasteiger partial charge in [-0.2, -0.15) is 0 Å². The number of rotatable bonds is 4. The predicted octanol–water partition coefficient (Wildman–Crippen LogP) is 8.34. The highest BCUT2D eigenvalue weighted by atomic mass is 35.5. The first-order chi connectivity index (χ1) is 18.3. The molecule has 0 amide bonds. The molecule has 0 radical (unpaired) electrons. The van der Waals surface area contributed by atoms with Crippen molar-refractivity contribution in [2.45, 2.75) is 24.0 Å². The quantitative estimate of drug-likeness (QED) is 0.227. The highest BCUT2D eigenvalue weighted by Crippen LogP contribution is 2.57. The summed E-state index contributed by atoms with van der Waals surface area (Å²) in [6, 6.07) is 24.4. The van der Waals surface area contributed by atoms with Crippen LogP contribution in [0.3, 0.4) is 0 Å². The topological polar surface area (TPSA) is 52.6 Å². The summed E-state index contributed by atoms with van der Waals surface area (Å²) in [5, 5.41) is 1.46. The zero-order valence-electron chi connectivity index (χ0n) is 19.5. The molecule has 0 saturated carbocycles. The van der Waals surface area contributed by atoms with Crippen LogP contribution in [0.4, 0.5) is 0 Å². The molecule has 7 rings (SSSR count). The highest BCUT2D eigenvalue weighted by Gasteiger charge is 2.54. The van der Waals surface area contributed by atoms with E-state index in [4.69, 9.17) is 55.9 Å². The van der Waals surface area contributed by atoms with E-state index in [1.807, 2.05) is 12.1 Å². The lowest BCUT2D eigenvalue weighted by Gasteiger charge is -2.49. The fourth-order valence-electron chi connectivity index (χ4n) is 5.46. The van der Waals surface area contributed by atoms with Crippen molar-refractivity contribution in [2.24, 2.45) is 0 Å². The largest absolute Gasteiger partial charge is 0.454 e. The number of ether oxygens (including phenoxy) is 2. The van der Waals surface area contributed by atoms with E-state index in [0.29, 0.717) is 31.2 Å². The van der Waals surface area contributed by atoms with Gasteiger partial charge in [0, 0.05) is 0 Å². The summed E-state index contributed by atoms with van der Waals surface area (Å²) in [6.45, 7) is 0. The van der Waals surface area contributed by atoms with Gasteiger partial charge in [0.2, 0.25) is 0 Å². The third-order valence-electron chi connectivity index (χ3n) is 7.08. The third kappa shape index (κ3) is 4.26. The Morgan fingerprint density at radius 1 is 0.500 bits per heavy atom. The number of benzene rings is 4. The van der Waals surface area contributed by atoms with Crippen LogP contribution in [0, 0.1) is 0 Å². The number of esters is 2. The average molecular weight is 584 g/mol. The van der Waals surface area contributed by atoms with E-state index in [-0.39, 0.29) is 0 Å². The van der Waals surface area contributed by atoms with Crippen LogP contribution in [0.25, 0.3) is 0 Å². The number of carbonyl (C=O) groups excluding carboxylic acids is 2. The Hall–Kier alpha value is -3.02. The van der Waals surface area contributed by atoms with Crippen LogP contribution in [0.2, 0.25) is 20.1 Å². The minimum Gasteiger partial charge on any atom is -0.454 e. The van der Waals surface area contributed by atoms with E-state index in [0.717, 1.165) is 22.3 Å². The maximum absolute atomic E-state index is 13.3. The lowest BCUT2D eigenvalue weighted by atomic mass is 9.61. The Kier molecular flexibility index (Phi) is 6.61. The molecule has 4 nitrogen and oxygen atoms in total. The second-order valence-corrected chi connectivity index (χ2v) is 10.8. The van der Waals surface area contributed by atoms with E-state index >= 15 is 0 Å². The molecular formula is C30H18Cl4O4. The van der Waals surface area contributed by atoms with Gasteiger partial charge in [-0.1, -0.05) is 82.8 Å². The van der Waals surface area contributed by atoms with Crippen LogP contribution in [0.1, 0.15) is 54.8 Å². The van der Waals surface area contributed by atoms with E-state index in [1.54, 1.807) is 72.8 Å². The Morgan fingerprint density at radius 3 is 1.08 bits per heavy atom. The summed E-state index contributed by atoms with van der Waals surface area (Å²) >= 11 is 25.8. The van der Waals surface area contributed by atoms with Gasteiger partial charge < -0.3 is 9.47 Å². The maximum atomic E-state index is 13.3. The number of carbonyl (C=O) groups is 2. The second kappa shape index (κ2) is 9.94. The van der Waals surface area contributed by atoms with Crippen LogP contribution in [0.15, 0.2) is 84.9 Å². The summed E-state index contributed by atoms with van der Waals surface area (Å²) in [7, 11) is 0. The van der Waals surface area contributed by atoms with Gasteiger partial charge in [-0.3, -0.25) is 0 Å². The van der Waals surface area contributed by atoms with E-state index in [1.165, 1.54) is 0 Å². The molecule has 2 unspecified atom stereocenters. The van der Waals surface area contributed by atoms with E-state index in [2.05, 4.69) is 0 Å². The molecule has 0 aromatic heterocycles. The van der Waals surface area contributed by atoms with Crippen molar-refractivity contribution in [2.75, 3.05) is 0 Å². The molecule has 4 aromatic carbocycles. The molecule has 8 heteroatoms. The SMILES string of the molecule is O=C(OC1C(OC(=O)c2ccccc2)[C@H]2c3cc(Cl)c(Cl)cc3[C@H]1c1cc(Cl)c(Cl)cc12)c1ccccc1. The average Bonchev–Trinajstić information content (AvgIpc) is 2.92. The molecule has 0 saturated heterocycles. The molecule has 4 aromatic rings. The summed E-state index contributed by atoms with van der Waals surface area (Å²) in [6.07, 6.45) is -1.73. The Bertz CT molecular complexity index is 1400. The van der Waals surface area contributed by atoms with Gasteiger partial charge in [0.05, 0.1) is 43.1 Å². The molecule has 0 fully saturated rings. The van der Waals surface area contributed by atoms with Crippen molar-refractivity contribution in [3.8, 4) is 0 Å².